The number of carbonyl (C=O) groups is 1. The molecule has 1 aliphatic heterocycles. The summed E-state index contributed by atoms with van der Waals surface area (Å²) in [7, 11) is 0. The number of amides is 1. The monoisotopic (exact) mass is 317 g/mol. The molecule has 5 nitrogen and oxygen atoms in total. The number of aryl methyl sites for hydroxylation is 1. The standard InChI is InChI=1S/C16H19N3O2S/c1-9(2)21-12-7-5-4-6-11(12)15-14-10(3)18-19-16(14)17-13(20)8-22-15/h4-7,9,15H,8H2,1-3H3,(H2,17,18,19,20). The molecule has 1 amide bonds. The lowest BCUT2D eigenvalue weighted by atomic mass is 10.0. The van der Waals surface area contributed by atoms with Gasteiger partial charge in [-0.25, -0.2) is 0 Å². The van der Waals surface area contributed by atoms with Crippen LogP contribution in [0.4, 0.5) is 5.82 Å². The van der Waals surface area contributed by atoms with E-state index in [0.29, 0.717) is 11.6 Å². The van der Waals surface area contributed by atoms with E-state index >= 15 is 0 Å². The minimum Gasteiger partial charge on any atom is -0.491 e. The van der Waals surface area contributed by atoms with Crippen LogP contribution in [0.5, 0.6) is 5.75 Å². The SMILES string of the molecule is Cc1[nH]nc2c1C(c1ccccc1OC(C)C)SCC(=O)N2. The third-order valence-corrected chi connectivity index (χ3v) is 4.71. The third kappa shape index (κ3) is 2.83. The van der Waals surface area contributed by atoms with Crippen LogP contribution in [0.25, 0.3) is 0 Å². The van der Waals surface area contributed by atoms with E-state index in [1.54, 1.807) is 11.8 Å². The van der Waals surface area contributed by atoms with Crippen molar-refractivity contribution in [1.82, 2.24) is 10.2 Å². The second-order valence-electron chi connectivity index (χ2n) is 5.55. The fraction of sp³-hybridized carbons (Fsp3) is 0.375. The average Bonchev–Trinajstić information content (AvgIpc) is 2.73. The van der Waals surface area contributed by atoms with E-state index in [1.807, 2.05) is 39.0 Å². The zero-order valence-corrected chi connectivity index (χ0v) is 13.7. The highest BCUT2D eigenvalue weighted by atomic mass is 32.2. The van der Waals surface area contributed by atoms with Gasteiger partial charge in [0.15, 0.2) is 5.82 Å². The number of para-hydroxylation sites is 1. The lowest BCUT2D eigenvalue weighted by molar-refractivity contribution is -0.113. The van der Waals surface area contributed by atoms with Crippen molar-refractivity contribution in [1.29, 1.82) is 0 Å². The molecule has 0 bridgehead atoms. The van der Waals surface area contributed by atoms with E-state index < -0.39 is 0 Å². The molecular weight excluding hydrogens is 298 g/mol. The highest BCUT2D eigenvalue weighted by Crippen LogP contribution is 2.45. The van der Waals surface area contributed by atoms with Crippen LogP contribution in [0.15, 0.2) is 24.3 Å². The van der Waals surface area contributed by atoms with Gasteiger partial charge in [0.2, 0.25) is 5.91 Å². The van der Waals surface area contributed by atoms with Gasteiger partial charge in [-0.3, -0.25) is 9.89 Å². The van der Waals surface area contributed by atoms with Crippen molar-refractivity contribution in [3.63, 3.8) is 0 Å². The zero-order chi connectivity index (χ0) is 15.7. The molecule has 0 fully saturated rings. The summed E-state index contributed by atoms with van der Waals surface area (Å²) in [4.78, 5) is 11.9. The number of benzene rings is 1. The molecule has 2 aromatic rings. The van der Waals surface area contributed by atoms with Crippen LogP contribution < -0.4 is 10.1 Å². The van der Waals surface area contributed by atoms with Gasteiger partial charge in [0.05, 0.1) is 17.1 Å². The van der Waals surface area contributed by atoms with Crippen LogP contribution in [0.1, 0.15) is 35.9 Å². The van der Waals surface area contributed by atoms with Crippen LogP contribution in [-0.4, -0.2) is 28.0 Å². The fourth-order valence-electron chi connectivity index (χ4n) is 2.57. The Morgan fingerprint density at radius 2 is 2.14 bits per heavy atom. The summed E-state index contributed by atoms with van der Waals surface area (Å²) >= 11 is 1.60. The second kappa shape index (κ2) is 6.04. The summed E-state index contributed by atoms with van der Waals surface area (Å²) in [6.45, 7) is 6.00. The van der Waals surface area contributed by atoms with Crippen molar-refractivity contribution in [2.75, 3.05) is 11.1 Å². The van der Waals surface area contributed by atoms with E-state index in [0.717, 1.165) is 22.6 Å². The number of aromatic nitrogens is 2. The van der Waals surface area contributed by atoms with Gasteiger partial charge in [-0.15, -0.1) is 11.8 Å². The maximum absolute atomic E-state index is 11.9. The molecule has 0 saturated carbocycles. The summed E-state index contributed by atoms with van der Waals surface area (Å²) in [5.41, 5.74) is 3.06. The number of carbonyl (C=O) groups excluding carboxylic acids is 1. The van der Waals surface area contributed by atoms with Crippen LogP contribution in [0.2, 0.25) is 0 Å². The van der Waals surface area contributed by atoms with Crippen LogP contribution in [0, 0.1) is 6.92 Å². The van der Waals surface area contributed by atoms with Gasteiger partial charge >= 0.3 is 0 Å². The summed E-state index contributed by atoms with van der Waals surface area (Å²) in [6, 6.07) is 8.00. The molecule has 22 heavy (non-hydrogen) atoms. The molecule has 1 aromatic heterocycles. The Hall–Kier alpha value is -1.95. The Morgan fingerprint density at radius 3 is 2.91 bits per heavy atom. The number of aromatic amines is 1. The molecule has 116 valence electrons. The Bertz CT molecular complexity index is 696. The van der Waals surface area contributed by atoms with Crippen LogP contribution in [-0.2, 0) is 4.79 Å². The molecule has 1 aliphatic rings. The number of thioether (sulfide) groups is 1. The van der Waals surface area contributed by atoms with Crippen molar-refractivity contribution in [3.05, 3.63) is 41.1 Å². The third-order valence-electron chi connectivity index (χ3n) is 3.46. The van der Waals surface area contributed by atoms with Gasteiger partial charge in [-0.2, -0.15) is 5.10 Å². The molecule has 1 atom stereocenters. The number of hydrogen-bond donors (Lipinski definition) is 2. The molecule has 6 heteroatoms. The summed E-state index contributed by atoms with van der Waals surface area (Å²) in [6.07, 6.45) is 0.0987. The Labute approximate surface area is 133 Å². The predicted octanol–water partition coefficient (Wildman–Crippen LogP) is 3.28. The highest BCUT2D eigenvalue weighted by Gasteiger charge is 2.30. The highest BCUT2D eigenvalue weighted by molar-refractivity contribution is 8.00. The van der Waals surface area contributed by atoms with Crippen molar-refractivity contribution in [2.45, 2.75) is 32.1 Å². The van der Waals surface area contributed by atoms with Crippen molar-refractivity contribution in [3.8, 4) is 5.75 Å². The molecule has 0 radical (unpaired) electrons. The van der Waals surface area contributed by atoms with Gasteiger partial charge in [-0.1, -0.05) is 18.2 Å². The van der Waals surface area contributed by atoms with Crippen molar-refractivity contribution >= 4 is 23.5 Å². The van der Waals surface area contributed by atoms with Gasteiger partial charge in [0, 0.05) is 16.8 Å². The summed E-state index contributed by atoms with van der Waals surface area (Å²) in [5, 5.41) is 10.1. The second-order valence-corrected chi connectivity index (χ2v) is 6.65. The quantitative estimate of drug-likeness (QED) is 0.911. The number of H-pyrrole nitrogens is 1. The van der Waals surface area contributed by atoms with Gasteiger partial charge in [0.1, 0.15) is 5.75 Å². The molecule has 3 rings (SSSR count). The van der Waals surface area contributed by atoms with E-state index in [4.69, 9.17) is 4.74 Å². The fourth-order valence-corrected chi connectivity index (χ4v) is 3.79. The number of fused-ring (bicyclic) bond motifs is 1. The molecule has 2 N–H and O–H groups in total. The Balaban J connectivity index is 2.08. The Kier molecular flexibility index (Phi) is 4.11. The van der Waals surface area contributed by atoms with Crippen molar-refractivity contribution in [2.24, 2.45) is 0 Å². The maximum Gasteiger partial charge on any atom is 0.235 e. The molecule has 1 aromatic carbocycles. The number of nitrogens with zero attached hydrogens (tertiary/aromatic N) is 1. The lowest BCUT2D eigenvalue weighted by Gasteiger charge is -2.20. The van der Waals surface area contributed by atoms with E-state index in [9.17, 15) is 4.79 Å². The minimum atomic E-state index is -0.0255. The first-order valence-corrected chi connectivity index (χ1v) is 8.33. The average molecular weight is 317 g/mol. The van der Waals surface area contributed by atoms with Gasteiger partial charge in [-0.05, 0) is 26.8 Å². The molecule has 0 aliphatic carbocycles. The Morgan fingerprint density at radius 1 is 1.36 bits per heavy atom. The zero-order valence-electron chi connectivity index (χ0n) is 12.8. The lowest BCUT2D eigenvalue weighted by Crippen LogP contribution is -2.12. The first-order chi connectivity index (χ1) is 10.6. The smallest absolute Gasteiger partial charge is 0.235 e. The van der Waals surface area contributed by atoms with Crippen LogP contribution in [0.3, 0.4) is 0 Å². The number of hydrogen-bond acceptors (Lipinski definition) is 4. The predicted molar refractivity (Wildman–Crippen MR) is 88.5 cm³/mol. The normalized spacial score (nSPS) is 17.8. The van der Waals surface area contributed by atoms with E-state index in [1.165, 1.54) is 0 Å². The van der Waals surface area contributed by atoms with E-state index in [2.05, 4.69) is 21.6 Å². The molecule has 1 unspecified atom stereocenters. The number of ether oxygens (including phenoxy) is 1. The molecule has 0 saturated heterocycles. The summed E-state index contributed by atoms with van der Waals surface area (Å²) in [5.74, 6) is 1.85. The van der Waals surface area contributed by atoms with Gasteiger partial charge in [0.25, 0.3) is 0 Å². The molecule has 0 spiro atoms. The number of anilines is 1. The van der Waals surface area contributed by atoms with Crippen LogP contribution >= 0.6 is 11.8 Å². The summed E-state index contributed by atoms with van der Waals surface area (Å²) < 4.78 is 5.95. The molecule has 2 heterocycles. The van der Waals surface area contributed by atoms with Crippen molar-refractivity contribution < 1.29 is 9.53 Å². The van der Waals surface area contributed by atoms with E-state index in [-0.39, 0.29) is 17.3 Å². The molecular formula is C16H19N3O2S. The maximum atomic E-state index is 11.9. The minimum absolute atomic E-state index is 0.0163. The number of nitrogens with one attached hydrogen (secondary N) is 2. The first-order valence-electron chi connectivity index (χ1n) is 7.28. The largest absolute Gasteiger partial charge is 0.491 e. The first kappa shape index (κ1) is 15.0. The van der Waals surface area contributed by atoms with Gasteiger partial charge < -0.3 is 10.1 Å². The topological polar surface area (TPSA) is 67.0 Å². The number of rotatable bonds is 3.